The maximum absolute atomic E-state index is 2.64. The summed E-state index contributed by atoms with van der Waals surface area (Å²) >= 11 is 0. The third kappa shape index (κ3) is 4.95. The number of hydrogen-bond acceptors (Lipinski definition) is 2. The van der Waals surface area contributed by atoms with E-state index in [-0.39, 0.29) is 0 Å². The van der Waals surface area contributed by atoms with E-state index in [0.717, 1.165) is 26.2 Å². The molecule has 1 aliphatic heterocycles. The van der Waals surface area contributed by atoms with Crippen LogP contribution in [0, 0.1) is 0 Å². The molecule has 1 fully saturated rings. The highest BCUT2D eigenvalue weighted by Crippen LogP contribution is 2.32. The standard InChI is InChI=1S/C27H32N2/c1-22(2)25-14-16-26(17-15-25)27-28(20-23-10-5-3-6-11-23)18-9-19-29(27)21-24-12-7-4-8-13-24/h3-8,10-17,22,27H,9,18-21H2,1-2H3. The lowest BCUT2D eigenvalue weighted by Crippen LogP contribution is -2.46. The van der Waals surface area contributed by atoms with Crippen LogP contribution < -0.4 is 0 Å². The summed E-state index contributed by atoms with van der Waals surface area (Å²) in [5.74, 6) is 0.566. The number of benzene rings is 3. The van der Waals surface area contributed by atoms with E-state index in [1.807, 2.05) is 0 Å². The van der Waals surface area contributed by atoms with Crippen LogP contribution in [-0.4, -0.2) is 22.9 Å². The van der Waals surface area contributed by atoms with Crippen molar-refractivity contribution in [1.29, 1.82) is 0 Å². The minimum absolute atomic E-state index is 0.311. The third-order valence-corrected chi connectivity index (χ3v) is 5.94. The molecular formula is C27H32N2. The van der Waals surface area contributed by atoms with Crippen LogP contribution in [0.2, 0.25) is 0 Å². The Hall–Kier alpha value is -2.42. The van der Waals surface area contributed by atoms with Crippen LogP contribution in [-0.2, 0) is 13.1 Å². The van der Waals surface area contributed by atoms with Crippen molar-refractivity contribution in [2.45, 2.75) is 45.4 Å². The monoisotopic (exact) mass is 384 g/mol. The Bertz CT molecular complexity index is 822. The molecule has 1 heterocycles. The van der Waals surface area contributed by atoms with Crippen molar-refractivity contribution in [3.63, 3.8) is 0 Å². The minimum Gasteiger partial charge on any atom is -0.280 e. The maximum Gasteiger partial charge on any atom is 0.0892 e. The van der Waals surface area contributed by atoms with E-state index >= 15 is 0 Å². The molecule has 0 saturated carbocycles. The van der Waals surface area contributed by atoms with Crippen molar-refractivity contribution in [1.82, 2.24) is 9.80 Å². The first-order valence-electron chi connectivity index (χ1n) is 10.9. The Morgan fingerprint density at radius 2 is 1.17 bits per heavy atom. The molecule has 2 heteroatoms. The number of nitrogens with zero attached hydrogens (tertiary/aromatic N) is 2. The highest BCUT2D eigenvalue weighted by Gasteiger charge is 2.30. The molecule has 0 N–H and O–H groups in total. The van der Waals surface area contributed by atoms with Gasteiger partial charge < -0.3 is 0 Å². The molecule has 0 amide bonds. The van der Waals surface area contributed by atoms with Crippen LogP contribution in [0.15, 0.2) is 84.9 Å². The van der Waals surface area contributed by atoms with Gasteiger partial charge in [0.25, 0.3) is 0 Å². The first-order valence-corrected chi connectivity index (χ1v) is 10.9. The van der Waals surface area contributed by atoms with Gasteiger partial charge in [0.2, 0.25) is 0 Å². The van der Waals surface area contributed by atoms with Crippen LogP contribution in [0.4, 0.5) is 0 Å². The molecule has 1 saturated heterocycles. The fraction of sp³-hybridized carbons (Fsp3) is 0.333. The molecule has 29 heavy (non-hydrogen) atoms. The van der Waals surface area contributed by atoms with Crippen LogP contribution in [0.5, 0.6) is 0 Å². The molecule has 0 unspecified atom stereocenters. The smallest absolute Gasteiger partial charge is 0.0892 e. The van der Waals surface area contributed by atoms with Crippen LogP contribution in [0.25, 0.3) is 0 Å². The molecule has 4 rings (SSSR count). The lowest BCUT2D eigenvalue weighted by atomic mass is 9.98. The van der Waals surface area contributed by atoms with Gasteiger partial charge in [-0.1, -0.05) is 98.8 Å². The molecule has 3 aromatic rings. The normalized spacial score (nSPS) is 16.4. The van der Waals surface area contributed by atoms with Gasteiger partial charge in [-0.3, -0.25) is 9.80 Å². The van der Waals surface area contributed by atoms with E-state index < -0.39 is 0 Å². The molecule has 0 bridgehead atoms. The van der Waals surface area contributed by atoms with E-state index in [9.17, 15) is 0 Å². The predicted molar refractivity (Wildman–Crippen MR) is 122 cm³/mol. The molecule has 0 spiro atoms. The Kier molecular flexibility index (Phi) is 6.43. The second kappa shape index (κ2) is 9.39. The topological polar surface area (TPSA) is 6.48 Å². The molecule has 3 aromatic carbocycles. The van der Waals surface area contributed by atoms with Crippen molar-refractivity contribution >= 4 is 0 Å². The molecule has 0 radical (unpaired) electrons. The zero-order valence-corrected chi connectivity index (χ0v) is 17.7. The Morgan fingerprint density at radius 3 is 1.62 bits per heavy atom. The lowest BCUT2D eigenvalue weighted by molar-refractivity contribution is -0.00909. The summed E-state index contributed by atoms with van der Waals surface area (Å²) < 4.78 is 0. The minimum atomic E-state index is 0.311. The highest BCUT2D eigenvalue weighted by atomic mass is 15.4. The Labute approximate surface area is 175 Å². The second-order valence-electron chi connectivity index (χ2n) is 8.46. The molecule has 0 aliphatic carbocycles. The third-order valence-electron chi connectivity index (χ3n) is 5.94. The summed E-state index contributed by atoms with van der Waals surface area (Å²) in [4.78, 5) is 5.29. The largest absolute Gasteiger partial charge is 0.280 e. The summed E-state index contributed by atoms with van der Waals surface area (Å²) in [5, 5.41) is 0. The van der Waals surface area contributed by atoms with Crippen molar-refractivity contribution in [2.75, 3.05) is 13.1 Å². The van der Waals surface area contributed by atoms with E-state index in [2.05, 4.69) is 109 Å². The average molecular weight is 385 g/mol. The average Bonchev–Trinajstić information content (AvgIpc) is 2.75. The summed E-state index contributed by atoms with van der Waals surface area (Å²) in [7, 11) is 0. The van der Waals surface area contributed by atoms with Crippen molar-refractivity contribution in [2.24, 2.45) is 0 Å². The van der Waals surface area contributed by atoms with E-state index in [4.69, 9.17) is 0 Å². The van der Waals surface area contributed by atoms with Gasteiger partial charge in [0.15, 0.2) is 0 Å². The zero-order valence-electron chi connectivity index (χ0n) is 17.7. The van der Waals surface area contributed by atoms with Gasteiger partial charge in [0, 0.05) is 26.2 Å². The predicted octanol–water partition coefficient (Wildman–Crippen LogP) is 6.22. The fourth-order valence-electron chi connectivity index (χ4n) is 4.39. The molecule has 0 atom stereocenters. The number of hydrogen-bond donors (Lipinski definition) is 0. The Morgan fingerprint density at radius 1 is 0.690 bits per heavy atom. The van der Waals surface area contributed by atoms with E-state index in [1.165, 1.54) is 28.7 Å². The molecule has 1 aliphatic rings. The van der Waals surface area contributed by atoms with Gasteiger partial charge >= 0.3 is 0 Å². The van der Waals surface area contributed by atoms with Gasteiger partial charge in [0.05, 0.1) is 6.17 Å². The van der Waals surface area contributed by atoms with Crippen molar-refractivity contribution in [3.05, 3.63) is 107 Å². The van der Waals surface area contributed by atoms with E-state index in [1.54, 1.807) is 0 Å². The van der Waals surface area contributed by atoms with Crippen LogP contribution >= 0.6 is 0 Å². The summed E-state index contributed by atoms with van der Waals surface area (Å²) in [6.07, 6.45) is 1.52. The maximum atomic E-state index is 2.64. The van der Waals surface area contributed by atoms with Gasteiger partial charge in [-0.25, -0.2) is 0 Å². The quantitative estimate of drug-likeness (QED) is 0.498. The molecular weight excluding hydrogens is 352 g/mol. The molecule has 2 nitrogen and oxygen atoms in total. The molecule has 0 aromatic heterocycles. The zero-order chi connectivity index (χ0) is 20.1. The van der Waals surface area contributed by atoms with Gasteiger partial charge in [-0.15, -0.1) is 0 Å². The first kappa shape index (κ1) is 19.9. The van der Waals surface area contributed by atoms with Gasteiger partial charge in [0.1, 0.15) is 0 Å². The number of rotatable bonds is 6. The summed E-state index contributed by atoms with van der Waals surface area (Å²) in [5.41, 5.74) is 5.59. The highest BCUT2D eigenvalue weighted by molar-refractivity contribution is 5.28. The van der Waals surface area contributed by atoms with Gasteiger partial charge in [-0.05, 0) is 34.6 Å². The lowest BCUT2D eigenvalue weighted by Gasteiger charge is -2.44. The first-order chi connectivity index (χ1) is 14.2. The van der Waals surface area contributed by atoms with Crippen LogP contribution in [0.1, 0.15) is 54.6 Å². The van der Waals surface area contributed by atoms with Gasteiger partial charge in [-0.2, -0.15) is 0 Å². The fourth-order valence-corrected chi connectivity index (χ4v) is 4.39. The van der Waals surface area contributed by atoms with Crippen molar-refractivity contribution in [3.8, 4) is 0 Å². The second-order valence-corrected chi connectivity index (χ2v) is 8.46. The van der Waals surface area contributed by atoms with E-state index in [0.29, 0.717) is 12.1 Å². The summed E-state index contributed by atoms with van der Waals surface area (Å²) in [6, 6.07) is 31.1. The SMILES string of the molecule is CC(C)c1ccc(C2N(Cc3ccccc3)CCCN2Cc2ccccc2)cc1. The van der Waals surface area contributed by atoms with Crippen LogP contribution in [0.3, 0.4) is 0 Å². The van der Waals surface area contributed by atoms with Crippen molar-refractivity contribution < 1.29 is 0 Å². The summed E-state index contributed by atoms with van der Waals surface area (Å²) in [6.45, 7) is 8.77. The Balaban J connectivity index is 1.63. The molecule has 150 valence electrons.